The number of amides is 4. The minimum absolute atomic E-state index is 0.0311. The number of carbonyl (C=O) groups excluding carboxylic acids is 3. The van der Waals surface area contributed by atoms with Gasteiger partial charge in [0, 0.05) is 10.0 Å². The molecule has 1 saturated heterocycles. The lowest BCUT2D eigenvalue weighted by Gasteiger charge is -2.27. The quantitative estimate of drug-likeness (QED) is 0.161. The molecule has 196 valence electrons. The fraction of sp³-hybridized carbons (Fsp3) is 0.0800. The van der Waals surface area contributed by atoms with Crippen molar-refractivity contribution in [3.63, 3.8) is 0 Å². The Morgan fingerprint density at radius 2 is 1.71 bits per heavy atom. The highest BCUT2D eigenvalue weighted by Crippen LogP contribution is 2.37. The third kappa shape index (κ3) is 5.51. The molecule has 0 aromatic heterocycles. The second-order valence-corrected chi connectivity index (χ2v) is 11.4. The first-order valence-corrected chi connectivity index (χ1v) is 13.9. The Morgan fingerprint density at radius 1 is 1.03 bits per heavy atom. The minimum Gasteiger partial charge on any atom is -0.493 e. The van der Waals surface area contributed by atoms with Gasteiger partial charge in [0.05, 0.1) is 16.4 Å². The summed E-state index contributed by atoms with van der Waals surface area (Å²) in [7, 11) is -2.92. The van der Waals surface area contributed by atoms with Gasteiger partial charge in [0.25, 0.3) is 11.8 Å². The van der Waals surface area contributed by atoms with Crippen LogP contribution in [-0.4, -0.2) is 33.4 Å². The summed E-state index contributed by atoms with van der Waals surface area (Å²) in [5.74, 6) is -1.81. The number of ether oxygens (including phenoxy) is 1. The van der Waals surface area contributed by atoms with Gasteiger partial charge in [0.2, 0.25) is 0 Å². The second kappa shape index (κ2) is 10.9. The maximum atomic E-state index is 13.3. The Balaban J connectivity index is 1.72. The second-order valence-electron chi connectivity index (χ2n) is 7.87. The number of imide groups is 2. The van der Waals surface area contributed by atoms with E-state index in [2.05, 4.69) is 5.32 Å². The van der Waals surface area contributed by atoms with Crippen molar-refractivity contribution in [3.8, 4) is 11.5 Å². The number of nitrogens with one attached hydrogen (secondary N) is 1. The number of nitrogens with zero attached hydrogens (tertiary/aromatic N) is 1. The van der Waals surface area contributed by atoms with Crippen LogP contribution in [0.1, 0.15) is 11.1 Å². The number of urea groups is 1. The van der Waals surface area contributed by atoms with Gasteiger partial charge in [-0.2, -0.15) is 8.42 Å². The van der Waals surface area contributed by atoms with E-state index in [1.807, 2.05) is 22.6 Å². The number of benzene rings is 3. The average molecular weight is 687 g/mol. The van der Waals surface area contributed by atoms with Gasteiger partial charge in [-0.05, 0) is 95.2 Å². The maximum Gasteiger partial charge on any atom is 0.339 e. The summed E-state index contributed by atoms with van der Waals surface area (Å²) in [6.07, 6.45) is 1.26. The highest BCUT2D eigenvalue weighted by atomic mass is 127. The number of methoxy groups -OCH3 is 1. The minimum atomic E-state index is -4.23. The molecule has 38 heavy (non-hydrogen) atoms. The monoisotopic (exact) mass is 686 g/mol. The largest absolute Gasteiger partial charge is 0.493 e. The van der Waals surface area contributed by atoms with E-state index in [1.54, 1.807) is 19.1 Å². The first-order valence-electron chi connectivity index (χ1n) is 10.7. The van der Waals surface area contributed by atoms with Gasteiger partial charge in [-0.25, -0.2) is 9.69 Å². The van der Waals surface area contributed by atoms with Crippen LogP contribution in [0.25, 0.3) is 6.08 Å². The van der Waals surface area contributed by atoms with Crippen molar-refractivity contribution in [2.45, 2.75) is 11.8 Å². The van der Waals surface area contributed by atoms with Gasteiger partial charge in [0.1, 0.15) is 10.5 Å². The lowest BCUT2D eigenvalue weighted by molar-refractivity contribution is -0.122. The molecule has 1 N–H and O–H groups in total. The normalized spacial score (nSPS) is 15.0. The van der Waals surface area contributed by atoms with E-state index < -0.39 is 28.0 Å². The molecule has 0 unspecified atom stereocenters. The maximum absolute atomic E-state index is 13.3. The van der Waals surface area contributed by atoms with E-state index in [-0.39, 0.29) is 27.7 Å². The van der Waals surface area contributed by atoms with Crippen LogP contribution in [0.15, 0.2) is 65.1 Å². The fourth-order valence-electron chi connectivity index (χ4n) is 3.54. The van der Waals surface area contributed by atoms with Crippen molar-refractivity contribution < 1.29 is 31.7 Å². The zero-order valence-corrected chi connectivity index (χ0v) is 24.1. The van der Waals surface area contributed by atoms with E-state index >= 15 is 0 Å². The summed E-state index contributed by atoms with van der Waals surface area (Å²) in [6.45, 7) is 1.64. The molecule has 0 saturated carbocycles. The van der Waals surface area contributed by atoms with Gasteiger partial charge >= 0.3 is 16.1 Å². The number of rotatable bonds is 6. The van der Waals surface area contributed by atoms with Crippen LogP contribution in [0.4, 0.5) is 10.5 Å². The summed E-state index contributed by atoms with van der Waals surface area (Å²) < 4.78 is 36.6. The molecule has 13 heteroatoms. The summed E-state index contributed by atoms with van der Waals surface area (Å²) in [4.78, 5) is 39.1. The van der Waals surface area contributed by atoms with Gasteiger partial charge in [-0.1, -0.05) is 29.3 Å². The third-order valence-electron chi connectivity index (χ3n) is 5.44. The molecule has 1 fully saturated rings. The predicted octanol–water partition coefficient (Wildman–Crippen LogP) is 5.35. The molecule has 1 aliphatic heterocycles. The molecule has 1 aliphatic rings. The van der Waals surface area contributed by atoms with Crippen molar-refractivity contribution in [1.82, 2.24) is 5.32 Å². The Bertz CT molecular complexity index is 1620. The van der Waals surface area contributed by atoms with E-state index in [0.717, 1.165) is 4.90 Å². The molecule has 0 atom stereocenters. The average Bonchev–Trinajstić information content (AvgIpc) is 2.86. The van der Waals surface area contributed by atoms with Crippen LogP contribution in [-0.2, 0) is 19.7 Å². The van der Waals surface area contributed by atoms with Crippen molar-refractivity contribution in [1.29, 1.82) is 0 Å². The summed E-state index contributed by atoms with van der Waals surface area (Å²) in [6, 6.07) is 12.1. The highest BCUT2D eigenvalue weighted by Gasteiger charge is 2.37. The molecule has 9 nitrogen and oxygen atoms in total. The molecule has 3 aromatic rings. The molecule has 0 radical (unpaired) electrons. The molecular formula is C25H17Cl2IN2O7S. The van der Waals surface area contributed by atoms with Crippen LogP contribution in [0.5, 0.6) is 11.5 Å². The van der Waals surface area contributed by atoms with Crippen molar-refractivity contribution in [2.24, 2.45) is 0 Å². The van der Waals surface area contributed by atoms with Gasteiger partial charge in [-0.15, -0.1) is 0 Å². The lowest BCUT2D eigenvalue weighted by Crippen LogP contribution is -2.54. The Kier molecular flexibility index (Phi) is 8.02. The van der Waals surface area contributed by atoms with Crippen LogP contribution in [0.2, 0.25) is 10.0 Å². The number of barbiturate groups is 1. The third-order valence-corrected chi connectivity index (χ3v) is 8.14. The zero-order valence-electron chi connectivity index (χ0n) is 19.6. The Hall–Kier alpha value is -3.13. The summed E-state index contributed by atoms with van der Waals surface area (Å²) in [5.41, 5.74) is 0.690. The standard InChI is InChI=1S/C25H17Cl2IN2O7S/c1-13-18(27)4-3-5-20(13)30-24(32)17(23(31)29-25(30)33)10-14-11-19(28)22(21(12-14)36-2)37-38(34,35)16-8-6-15(26)7-9-16/h3-12H,1-2H3,(H,29,31,33)/b17-10+. The molecule has 4 rings (SSSR count). The fourth-order valence-corrected chi connectivity index (χ4v) is 5.68. The number of hydrogen-bond acceptors (Lipinski definition) is 7. The van der Waals surface area contributed by atoms with Crippen LogP contribution < -0.4 is 19.1 Å². The number of carbonyl (C=O) groups is 3. The molecular weight excluding hydrogens is 670 g/mol. The van der Waals surface area contributed by atoms with Crippen LogP contribution >= 0.6 is 45.8 Å². The zero-order chi connectivity index (χ0) is 27.8. The van der Waals surface area contributed by atoms with Crippen LogP contribution in [0.3, 0.4) is 0 Å². The number of halogens is 3. The summed E-state index contributed by atoms with van der Waals surface area (Å²) >= 11 is 13.8. The Labute approximate surface area is 241 Å². The predicted molar refractivity (Wildman–Crippen MR) is 150 cm³/mol. The van der Waals surface area contributed by atoms with Crippen molar-refractivity contribution in [3.05, 3.63) is 84.9 Å². The van der Waals surface area contributed by atoms with Crippen molar-refractivity contribution >= 4 is 85.5 Å². The number of hydrogen-bond donors (Lipinski definition) is 1. The van der Waals surface area contributed by atoms with Gasteiger partial charge < -0.3 is 8.92 Å². The van der Waals surface area contributed by atoms with E-state index in [1.165, 1.54) is 55.7 Å². The molecule has 0 aliphatic carbocycles. The smallest absolute Gasteiger partial charge is 0.339 e. The van der Waals surface area contributed by atoms with E-state index in [4.69, 9.17) is 32.1 Å². The first-order chi connectivity index (χ1) is 17.9. The topological polar surface area (TPSA) is 119 Å². The summed E-state index contributed by atoms with van der Waals surface area (Å²) in [5, 5.41) is 2.86. The molecule has 1 heterocycles. The van der Waals surface area contributed by atoms with Crippen LogP contribution in [0, 0.1) is 10.5 Å². The SMILES string of the molecule is COc1cc(/C=C2\C(=O)NC(=O)N(c3cccc(Cl)c3C)C2=O)cc(I)c1OS(=O)(=O)c1ccc(Cl)cc1. The van der Waals surface area contributed by atoms with E-state index in [9.17, 15) is 22.8 Å². The number of anilines is 1. The van der Waals surface area contributed by atoms with Crippen molar-refractivity contribution in [2.75, 3.05) is 12.0 Å². The van der Waals surface area contributed by atoms with E-state index in [0.29, 0.717) is 24.7 Å². The van der Waals surface area contributed by atoms with Gasteiger partial charge in [-0.3, -0.25) is 14.9 Å². The molecule has 0 spiro atoms. The lowest BCUT2D eigenvalue weighted by atomic mass is 10.1. The molecule has 0 bridgehead atoms. The molecule has 3 aromatic carbocycles. The first kappa shape index (κ1) is 27.9. The molecule has 4 amide bonds. The highest BCUT2D eigenvalue weighted by molar-refractivity contribution is 14.1. The Morgan fingerprint density at radius 3 is 2.37 bits per heavy atom. The van der Waals surface area contributed by atoms with Gasteiger partial charge in [0.15, 0.2) is 11.5 Å².